The van der Waals surface area contributed by atoms with Crippen LogP contribution in [0.25, 0.3) is 0 Å². The van der Waals surface area contributed by atoms with Crippen LogP contribution in [0.1, 0.15) is 25.0 Å². The summed E-state index contributed by atoms with van der Waals surface area (Å²) in [5.41, 5.74) is 2.27. The van der Waals surface area contributed by atoms with Gasteiger partial charge in [-0.25, -0.2) is 4.99 Å². The van der Waals surface area contributed by atoms with Crippen LogP contribution in [0.5, 0.6) is 5.75 Å². The summed E-state index contributed by atoms with van der Waals surface area (Å²) in [5, 5.41) is 6.22. The van der Waals surface area contributed by atoms with Crippen molar-refractivity contribution < 1.29 is 4.74 Å². The molecule has 0 aliphatic rings. The molecule has 0 heterocycles. The molecule has 0 radical (unpaired) electrons. The molecule has 0 aliphatic carbocycles. The molecule has 1 aromatic rings. The molecule has 0 fully saturated rings. The van der Waals surface area contributed by atoms with Crippen molar-refractivity contribution in [1.82, 2.24) is 10.6 Å². The lowest BCUT2D eigenvalue weighted by molar-refractivity contribution is 0.338. The molecule has 0 amide bonds. The number of guanidine groups is 1. The average Bonchev–Trinajstić information content (AvgIpc) is 2.45. The second-order valence-corrected chi connectivity index (χ2v) is 4.29. The van der Waals surface area contributed by atoms with Crippen LogP contribution in [0.15, 0.2) is 23.2 Å². The maximum absolute atomic E-state index is 5.53. The minimum atomic E-state index is 0. The van der Waals surface area contributed by atoms with E-state index in [1.54, 1.807) is 0 Å². The van der Waals surface area contributed by atoms with E-state index in [-0.39, 0.29) is 24.0 Å². The second kappa shape index (κ2) is 11.3. The van der Waals surface area contributed by atoms with E-state index in [2.05, 4.69) is 27.6 Å². The maximum atomic E-state index is 5.53. The minimum Gasteiger partial charge on any atom is -0.494 e. The molecule has 0 bridgehead atoms. The van der Waals surface area contributed by atoms with E-state index in [9.17, 15) is 0 Å². The van der Waals surface area contributed by atoms with Gasteiger partial charge >= 0.3 is 0 Å². The van der Waals surface area contributed by atoms with Crippen LogP contribution in [-0.4, -0.2) is 25.7 Å². The van der Waals surface area contributed by atoms with Crippen LogP contribution in [0.2, 0.25) is 0 Å². The third-order valence-corrected chi connectivity index (χ3v) is 2.66. The third-order valence-electron chi connectivity index (χ3n) is 2.66. The van der Waals surface area contributed by atoms with Gasteiger partial charge in [-0.2, -0.15) is 0 Å². The molecule has 0 aromatic heterocycles. The van der Waals surface area contributed by atoms with Crippen LogP contribution in [0.3, 0.4) is 0 Å². The summed E-state index contributed by atoms with van der Waals surface area (Å²) in [7, 11) is 0. The first-order valence-corrected chi connectivity index (χ1v) is 6.89. The maximum Gasteiger partial charge on any atom is 0.192 e. The minimum absolute atomic E-state index is 0. The van der Waals surface area contributed by atoms with Crippen molar-refractivity contribution in [2.45, 2.75) is 27.3 Å². The van der Waals surface area contributed by atoms with Crippen LogP contribution < -0.4 is 15.4 Å². The van der Waals surface area contributed by atoms with Crippen molar-refractivity contribution in [2.75, 3.05) is 19.7 Å². The van der Waals surface area contributed by atoms with Crippen molar-refractivity contribution in [3.05, 3.63) is 29.3 Å². The zero-order valence-electron chi connectivity index (χ0n) is 12.9. The largest absolute Gasteiger partial charge is 0.494 e. The lowest BCUT2D eigenvalue weighted by Gasteiger charge is -2.10. The predicted octanol–water partition coefficient (Wildman–Crippen LogP) is 2.70. The molecule has 1 rings (SSSR count). The highest BCUT2D eigenvalue weighted by atomic mass is 127. The fraction of sp³-hybridized carbons (Fsp3) is 0.438. The number of terminal acetylenes is 1. The van der Waals surface area contributed by atoms with Gasteiger partial charge in [0.1, 0.15) is 5.75 Å². The van der Waals surface area contributed by atoms with Crippen molar-refractivity contribution in [2.24, 2.45) is 4.99 Å². The van der Waals surface area contributed by atoms with Gasteiger partial charge in [0.25, 0.3) is 0 Å². The molecule has 116 valence electrons. The number of hydrogen-bond acceptors (Lipinski definition) is 2. The van der Waals surface area contributed by atoms with E-state index < -0.39 is 0 Å². The van der Waals surface area contributed by atoms with Crippen LogP contribution in [-0.2, 0) is 6.54 Å². The van der Waals surface area contributed by atoms with Gasteiger partial charge in [0, 0.05) is 6.54 Å². The first-order valence-electron chi connectivity index (χ1n) is 6.89. The molecular formula is C16H24IN3O. The SMILES string of the molecule is C#CCNC(=NCc1ccc(OCC)c(C)c1)NCC.I. The lowest BCUT2D eigenvalue weighted by atomic mass is 10.1. The molecule has 0 aliphatic heterocycles. The topological polar surface area (TPSA) is 45.7 Å². The van der Waals surface area contributed by atoms with Crippen molar-refractivity contribution >= 4 is 29.9 Å². The highest BCUT2D eigenvalue weighted by molar-refractivity contribution is 14.0. The van der Waals surface area contributed by atoms with Gasteiger partial charge in [-0.05, 0) is 38.0 Å². The highest BCUT2D eigenvalue weighted by Gasteiger charge is 2.01. The number of aryl methyl sites for hydroxylation is 1. The molecule has 0 unspecified atom stereocenters. The Morgan fingerprint density at radius 2 is 2.10 bits per heavy atom. The molecule has 0 spiro atoms. The number of ether oxygens (including phenoxy) is 1. The number of hydrogen-bond donors (Lipinski definition) is 2. The van der Waals surface area contributed by atoms with Crippen molar-refractivity contribution in [1.29, 1.82) is 0 Å². The third kappa shape index (κ3) is 7.23. The Labute approximate surface area is 144 Å². The standard InChI is InChI=1S/C16H23N3O.HI/c1-5-10-18-16(17-6-2)19-12-14-8-9-15(20-7-3)13(4)11-14;/h1,8-9,11H,6-7,10,12H2,2-4H3,(H2,17,18,19);1H. The number of benzene rings is 1. The monoisotopic (exact) mass is 401 g/mol. The summed E-state index contributed by atoms with van der Waals surface area (Å²) >= 11 is 0. The number of nitrogens with zero attached hydrogens (tertiary/aromatic N) is 1. The van der Waals surface area contributed by atoms with Gasteiger partial charge in [-0.1, -0.05) is 18.1 Å². The normalized spacial score (nSPS) is 10.3. The fourth-order valence-electron chi connectivity index (χ4n) is 1.77. The van der Waals surface area contributed by atoms with E-state index in [0.29, 0.717) is 19.7 Å². The summed E-state index contributed by atoms with van der Waals surface area (Å²) in [6.07, 6.45) is 5.24. The molecule has 4 nitrogen and oxygen atoms in total. The Kier molecular flexibility index (Phi) is 10.5. The van der Waals surface area contributed by atoms with E-state index >= 15 is 0 Å². The fourth-order valence-corrected chi connectivity index (χ4v) is 1.77. The molecule has 1 aromatic carbocycles. The summed E-state index contributed by atoms with van der Waals surface area (Å²) in [6.45, 7) is 8.60. The summed E-state index contributed by atoms with van der Waals surface area (Å²) in [4.78, 5) is 4.50. The predicted molar refractivity (Wildman–Crippen MR) is 99.4 cm³/mol. The Hall–Kier alpha value is -1.42. The number of aliphatic imine (C=N–C) groups is 1. The van der Waals surface area contributed by atoms with E-state index in [1.807, 2.05) is 32.9 Å². The molecule has 0 atom stereocenters. The second-order valence-electron chi connectivity index (χ2n) is 4.29. The Morgan fingerprint density at radius 3 is 2.67 bits per heavy atom. The number of rotatable bonds is 6. The smallest absolute Gasteiger partial charge is 0.192 e. The van der Waals surface area contributed by atoms with Crippen LogP contribution in [0, 0.1) is 19.3 Å². The van der Waals surface area contributed by atoms with E-state index in [1.165, 1.54) is 0 Å². The van der Waals surface area contributed by atoms with Crippen LogP contribution >= 0.6 is 24.0 Å². The molecule has 5 heteroatoms. The Bertz CT molecular complexity index is 495. The molecule has 2 N–H and O–H groups in total. The van der Waals surface area contributed by atoms with Gasteiger partial charge in [0.15, 0.2) is 5.96 Å². The molecule has 0 saturated heterocycles. The van der Waals surface area contributed by atoms with Crippen molar-refractivity contribution in [3.63, 3.8) is 0 Å². The van der Waals surface area contributed by atoms with E-state index in [0.717, 1.165) is 29.4 Å². The highest BCUT2D eigenvalue weighted by Crippen LogP contribution is 2.19. The summed E-state index contributed by atoms with van der Waals surface area (Å²) < 4.78 is 5.53. The Balaban J connectivity index is 0.00000400. The molecular weight excluding hydrogens is 377 g/mol. The Morgan fingerprint density at radius 1 is 1.33 bits per heavy atom. The molecule has 21 heavy (non-hydrogen) atoms. The van der Waals surface area contributed by atoms with Gasteiger partial charge in [0.05, 0.1) is 19.7 Å². The van der Waals surface area contributed by atoms with Crippen molar-refractivity contribution in [3.8, 4) is 18.1 Å². The first-order chi connectivity index (χ1) is 9.71. The van der Waals surface area contributed by atoms with E-state index in [4.69, 9.17) is 11.2 Å². The van der Waals surface area contributed by atoms with Gasteiger partial charge in [-0.3, -0.25) is 0 Å². The summed E-state index contributed by atoms with van der Waals surface area (Å²) in [6, 6.07) is 6.12. The van der Waals surface area contributed by atoms with Crippen LogP contribution in [0.4, 0.5) is 0 Å². The number of nitrogens with one attached hydrogen (secondary N) is 2. The van der Waals surface area contributed by atoms with Gasteiger partial charge < -0.3 is 15.4 Å². The van der Waals surface area contributed by atoms with Gasteiger partial charge in [0.2, 0.25) is 0 Å². The number of halogens is 1. The first kappa shape index (κ1) is 19.6. The summed E-state index contributed by atoms with van der Waals surface area (Å²) in [5.74, 6) is 4.20. The van der Waals surface area contributed by atoms with Gasteiger partial charge in [-0.15, -0.1) is 30.4 Å². The lowest BCUT2D eigenvalue weighted by Crippen LogP contribution is -2.37. The zero-order valence-corrected chi connectivity index (χ0v) is 15.2. The zero-order chi connectivity index (χ0) is 14.8. The quantitative estimate of drug-likeness (QED) is 0.334. The average molecular weight is 401 g/mol. The molecule has 0 saturated carbocycles.